The number of rotatable bonds is 52. The summed E-state index contributed by atoms with van der Waals surface area (Å²) in [6, 6.07) is 6.59. The molecule has 1 aromatic heterocycles. The lowest BCUT2D eigenvalue weighted by atomic mass is 10.0. The van der Waals surface area contributed by atoms with Crippen LogP contribution in [0.5, 0.6) is 0 Å². The highest BCUT2D eigenvalue weighted by Gasteiger charge is 2.38. The Labute approximate surface area is 628 Å². The van der Waals surface area contributed by atoms with Gasteiger partial charge in [-0.2, -0.15) is 0 Å². The van der Waals surface area contributed by atoms with E-state index in [1.165, 1.54) is 0 Å². The van der Waals surface area contributed by atoms with E-state index in [-0.39, 0.29) is 103 Å². The second-order valence-corrected chi connectivity index (χ2v) is 26.0. The van der Waals surface area contributed by atoms with Gasteiger partial charge in [-0.1, -0.05) is 78.9 Å². The van der Waals surface area contributed by atoms with Crippen molar-refractivity contribution in [3.8, 4) is 0 Å². The van der Waals surface area contributed by atoms with Gasteiger partial charge < -0.3 is 115 Å². The lowest BCUT2D eigenvalue weighted by Gasteiger charge is -2.29. The van der Waals surface area contributed by atoms with Crippen molar-refractivity contribution < 1.29 is 81.5 Å². The first-order valence-corrected chi connectivity index (χ1v) is 35.6. The summed E-state index contributed by atoms with van der Waals surface area (Å²) < 4.78 is 0. The molecule has 1 heterocycles. The average Bonchev–Trinajstić information content (AvgIpc) is 1.69. The fraction of sp³-hybridized carbons (Fsp3) is 0.479. The maximum Gasteiger partial charge on any atom is 0.243 e. The van der Waals surface area contributed by atoms with Gasteiger partial charge in [-0.05, 0) is 113 Å². The molecule has 0 unspecified atom stereocenters. The van der Waals surface area contributed by atoms with Gasteiger partial charge in [0.05, 0.1) is 0 Å². The molecule has 0 fully saturated rings. The summed E-state index contributed by atoms with van der Waals surface area (Å²) in [5, 5.41) is 28.8. The van der Waals surface area contributed by atoms with E-state index in [2.05, 4.69) is 63.5 Å². The van der Waals surface area contributed by atoms with Crippen molar-refractivity contribution in [2.24, 2.45) is 51.6 Å². The molecule has 4 aromatic rings. The van der Waals surface area contributed by atoms with E-state index >= 15 is 9.59 Å². The minimum atomic E-state index is -1.71. The number of fused-ring (bicyclic) bond motifs is 1. The second kappa shape index (κ2) is 46.9. The van der Waals surface area contributed by atoms with Crippen LogP contribution in [-0.2, 0) is 101 Å². The first-order valence-electron chi connectivity index (χ1n) is 35.6. The van der Waals surface area contributed by atoms with Crippen molar-refractivity contribution in [1.82, 2.24) is 63.5 Å². The number of benzene rings is 3. The van der Waals surface area contributed by atoms with Gasteiger partial charge in [-0.25, -0.2) is 0 Å². The zero-order valence-electron chi connectivity index (χ0n) is 60.7. The molecule has 11 atom stereocenters. The average molecular weight is 1520 g/mol. The Bertz CT molecular complexity index is 3810. The molecule has 38 heteroatoms. The van der Waals surface area contributed by atoms with Crippen molar-refractivity contribution in [1.29, 1.82) is 0 Å². The largest absolute Gasteiger partial charge is 0.370 e. The van der Waals surface area contributed by atoms with Crippen LogP contribution in [0.1, 0.15) is 126 Å². The number of H-pyrrole nitrogens is 1. The Morgan fingerprint density at radius 1 is 0.303 bits per heavy atom. The van der Waals surface area contributed by atoms with Crippen LogP contribution >= 0.6 is 0 Å². The van der Waals surface area contributed by atoms with E-state index in [9.17, 15) is 71.9 Å². The maximum absolute atomic E-state index is 15.2. The van der Waals surface area contributed by atoms with Gasteiger partial charge in [-0.15, -0.1) is 0 Å². The molecule has 0 saturated heterocycles. The number of aromatic amines is 1. The molecule has 0 spiro atoms. The molecule has 0 aliphatic rings. The van der Waals surface area contributed by atoms with Crippen LogP contribution in [0.25, 0.3) is 10.9 Å². The third-order valence-corrected chi connectivity index (χ3v) is 17.2. The van der Waals surface area contributed by atoms with E-state index in [1.807, 2.05) is 0 Å². The van der Waals surface area contributed by atoms with Crippen molar-refractivity contribution >= 4 is 111 Å². The number of amides is 17. The summed E-state index contributed by atoms with van der Waals surface area (Å²) in [7, 11) is 0. The zero-order chi connectivity index (χ0) is 80.7. The number of para-hydroxylation sites is 1. The van der Waals surface area contributed by atoms with Gasteiger partial charge >= 0.3 is 0 Å². The third-order valence-electron chi connectivity index (χ3n) is 17.2. The van der Waals surface area contributed by atoms with Crippen molar-refractivity contribution in [3.05, 3.63) is 108 Å². The third kappa shape index (κ3) is 32.8. The molecule has 0 aliphatic heterocycles. The van der Waals surface area contributed by atoms with Crippen LogP contribution in [0.3, 0.4) is 0 Å². The van der Waals surface area contributed by atoms with Crippen molar-refractivity contribution in [3.63, 3.8) is 0 Å². The molecule has 0 radical (unpaired) electrons. The van der Waals surface area contributed by atoms with Crippen LogP contribution in [0, 0.1) is 0 Å². The van der Waals surface area contributed by atoms with Crippen LogP contribution < -0.4 is 110 Å². The highest BCUT2D eigenvalue weighted by molar-refractivity contribution is 6.00. The Morgan fingerprint density at radius 3 is 0.844 bits per heavy atom. The van der Waals surface area contributed by atoms with Gasteiger partial charge in [0.2, 0.25) is 100 Å². The number of nitrogens with two attached hydrogens (primary N) is 9. The number of carbonyl (C=O) groups is 17. The molecule has 594 valence electrons. The molecule has 30 N–H and O–H groups in total. The highest BCUT2D eigenvalue weighted by Crippen LogP contribution is 2.21. The SMILES string of the molecule is CC(=O)N[C@@H](CCC(N)=O)C(=O)N[C@@H](CCC(N)=O)C(=O)N[C@@H](CCCN)C(=O)N[C@@H](Cc1ccccc1)C(=O)N[C@@H](CCCN)C(=O)N[C@@H](Cc1c[nH]c2ccccc12)C(=O)N[C@@H](CCCN)C(=O)N[C@@H](Cc1ccccc1)C(=O)N[C@@H](CCC(N)=O)C(=O)N[C@@H](CCC(N)=O)C(=O)N[C@@H](CCC(N)=O)C(N)=O. The predicted molar refractivity (Wildman–Crippen MR) is 395 cm³/mol. The monoisotopic (exact) mass is 1520 g/mol. The lowest BCUT2D eigenvalue weighted by Crippen LogP contribution is -2.61. The number of primary amides is 6. The Hall–Kier alpha value is -11.9. The topological polar surface area (TPSA) is 672 Å². The first-order chi connectivity index (χ1) is 51.8. The zero-order valence-corrected chi connectivity index (χ0v) is 60.7. The van der Waals surface area contributed by atoms with E-state index in [0.717, 1.165) is 6.92 Å². The summed E-state index contributed by atoms with van der Waals surface area (Å²) in [6.07, 6.45) is -3.41. The van der Waals surface area contributed by atoms with Crippen molar-refractivity contribution in [2.75, 3.05) is 19.6 Å². The molecule has 0 bridgehead atoms. The highest BCUT2D eigenvalue weighted by atomic mass is 16.2. The van der Waals surface area contributed by atoms with Crippen LogP contribution in [0.15, 0.2) is 91.1 Å². The van der Waals surface area contributed by atoms with E-state index in [1.54, 1.807) is 91.1 Å². The maximum atomic E-state index is 15.2. The minimum Gasteiger partial charge on any atom is -0.370 e. The molecular formula is C71H103N21O17. The van der Waals surface area contributed by atoms with Crippen LogP contribution in [-0.4, -0.2) is 192 Å². The summed E-state index contributed by atoms with van der Waals surface area (Å²) in [4.78, 5) is 232. The quantitative estimate of drug-likeness (QED) is 0.0195. The summed E-state index contributed by atoms with van der Waals surface area (Å²) >= 11 is 0. The second-order valence-electron chi connectivity index (χ2n) is 26.0. The molecule has 0 aliphatic carbocycles. The van der Waals surface area contributed by atoms with Crippen LogP contribution in [0.2, 0.25) is 0 Å². The molecule has 3 aromatic carbocycles. The Morgan fingerprint density at radius 2 is 0.550 bits per heavy atom. The van der Waals surface area contributed by atoms with Gasteiger partial charge in [0, 0.05) is 75.4 Å². The summed E-state index contributed by atoms with van der Waals surface area (Å²) in [6.45, 7) is 1.10. The van der Waals surface area contributed by atoms with E-state index < -0.39 is 205 Å². The van der Waals surface area contributed by atoms with Crippen LogP contribution in [0.4, 0.5) is 0 Å². The molecule has 38 nitrogen and oxygen atoms in total. The fourth-order valence-electron chi connectivity index (χ4n) is 11.4. The molecule has 0 saturated carbocycles. The number of hydrogen-bond donors (Lipinski definition) is 21. The van der Waals surface area contributed by atoms with Gasteiger partial charge in [0.15, 0.2) is 0 Å². The normalized spacial score (nSPS) is 14.0. The number of nitrogens with one attached hydrogen (secondary N) is 12. The molecule has 4 rings (SSSR count). The minimum absolute atomic E-state index is 0.00432. The summed E-state index contributed by atoms with van der Waals surface area (Å²) in [5.41, 5.74) is 52.3. The lowest BCUT2D eigenvalue weighted by molar-refractivity contribution is -0.136. The van der Waals surface area contributed by atoms with Gasteiger partial charge in [0.1, 0.15) is 66.5 Å². The smallest absolute Gasteiger partial charge is 0.243 e. The van der Waals surface area contributed by atoms with Crippen molar-refractivity contribution in [2.45, 2.75) is 195 Å². The first kappa shape index (κ1) is 89.5. The van der Waals surface area contributed by atoms with Gasteiger partial charge in [-0.3, -0.25) is 81.5 Å². The molecule has 17 amide bonds. The Balaban J connectivity index is 1.72. The fourth-order valence-corrected chi connectivity index (χ4v) is 11.4. The Kier molecular flexibility index (Phi) is 38.5. The van der Waals surface area contributed by atoms with Gasteiger partial charge in [0.25, 0.3) is 0 Å². The summed E-state index contributed by atoms with van der Waals surface area (Å²) in [5.74, 6) is -15.9. The standard InChI is InChI=1S/C71H103N21O17/c1-39(93)82-49(23-28-57(76)95)65(103)87-51(25-30-59(78)97)67(105)84-46(19-10-32-72)62(100)90-53(35-40-13-4-2-5-14-40)69(107)85-48(21-12-34-74)64(102)92-55(37-42-38-81-44-18-9-8-17-43(42)44)71(109)86-47(20-11-33-73)63(101)91-54(36-41-15-6-3-7-16-41)70(108)89-52(26-31-60(79)98)68(106)88-50(24-29-58(77)96)66(104)83-45(61(80)99)22-27-56(75)94/h2-9,13-18,38,45-55,81H,10-12,19-37,72-74H2,1H3,(H2,75,94)(H2,76,95)(H2,77,96)(H2,78,97)(H2,79,98)(H2,80,99)(H,82,93)(H,83,104)(H,84,105)(H,85,107)(H,86,109)(H,87,103)(H,88,106)(H,89,108)(H,90,100)(H,91,101)(H,92,102)/t45-,46-,47-,48-,49-,50-,51-,52-,53-,54-,55-/m0/s1. The molecular weight excluding hydrogens is 1420 g/mol. The molecule has 109 heavy (non-hydrogen) atoms. The number of carbonyl (C=O) groups excluding carboxylic acids is 17. The van der Waals surface area contributed by atoms with E-state index in [4.69, 9.17) is 51.6 Å². The number of hydrogen-bond acceptors (Lipinski definition) is 20. The number of aromatic nitrogens is 1. The van der Waals surface area contributed by atoms with E-state index in [0.29, 0.717) is 27.6 Å². The predicted octanol–water partition coefficient (Wildman–Crippen LogP) is -6.42.